The third kappa shape index (κ3) is 5.13. The van der Waals surface area contributed by atoms with Gasteiger partial charge in [-0.1, -0.05) is 17.7 Å². The standard InChI is InChI=1S/C25H25N3O3S2/c1-15-5-7-19(16(2)11-15)23(29)27-21-20-8-6-18(13-28(3)12-17-9-10-32-14-17)26-24(20)33-22(21)25(30)31-4/h5-11,14H,12-13H2,1-4H3,(H,27,29). The molecule has 8 heteroatoms. The lowest BCUT2D eigenvalue weighted by atomic mass is 10.1. The number of amides is 1. The first kappa shape index (κ1) is 23.1. The van der Waals surface area contributed by atoms with Crippen LogP contribution in [-0.2, 0) is 17.8 Å². The van der Waals surface area contributed by atoms with Crippen molar-refractivity contribution in [1.29, 1.82) is 0 Å². The van der Waals surface area contributed by atoms with Crippen molar-refractivity contribution >= 4 is 50.5 Å². The van der Waals surface area contributed by atoms with E-state index in [2.05, 4.69) is 27.0 Å². The van der Waals surface area contributed by atoms with E-state index in [1.165, 1.54) is 24.0 Å². The van der Waals surface area contributed by atoms with Crippen LogP contribution in [0.1, 0.15) is 42.4 Å². The monoisotopic (exact) mass is 479 g/mol. The molecule has 0 spiro atoms. The fourth-order valence-corrected chi connectivity index (χ4v) is 5.47. The van der Waals surface area contributed by atoms with Gasteiger partial charge in [-0.05, 0) is 67.0 Å². The third-order valence-electron chi connectivity index (χ3n) is 5.31. The number of rotatable bonds is 7. The Morgan fingerprint density at radius 1 is 1.12 bits per heavy atom. The number of ether oxygens (including phenoxy) is 1. The summed E-state index contributed by atoms with van der Waals surface area (Å²) in [5.74, 6) is -0.762. The molecule has 0 bridgehead atoms. The molecule has 0 radical (unpaired) electrons. The molecule has 33 heavy (non-hydrogen) atoms. The summed E-state index contributed by atoms with van der Waals surface area (Å²) < 4.78 is 4.97. The Bertz CT molecular complexity index is 1310. The minimum Gasteiger partial charge on any atom is -0.465 e. The van der Waals surface area contributed by atoms with Gasteiger partial charge in [0.1, 0.15) is 9.71 Å². The average molecular weight is 480 g/mol. The van der Waals surface area contributed by atoms with Crippen molar-refractivity contribution in [3.63, 3.8) is 0 Å². The van der Waals surface area contributed by atoms with Gasteiger partial charge >= 0.3 is 5.97 Å². The molecule has 4 aromatic rings. The fourth-order valence-electron chi connectivity index (χ4n) is 3.74. The number of anilines is 1. The van der Waals surface area contributed by atoms with Gasteiger partial charge in [0.2, 0.25) is 0 Å². The zero-order valence-electron chi connectivity index (χ0n) is 19.0. The van der Waals surface area contributed by atoms with Crippen LogP contribution >= 0.6 is 22.7 Å². The maximum Gasteiger partial charge on any atom is 0.350 e. The number of hydrogen-bond acceptors (Lipinski definition) is 7. The molecule has 0 saturated heterocycles. The van der Waals surface area contributed by atoms with Crippen LogP contribution in [0.25, 0.3) is 10.2 Å². The van der Waals surface area contributed by atoms with E-state index in [9.17, 15) is 9.59 Å². The summed E-state index contributed by atoms with van der Waals surface area (Å²) in [5.41, 5.74) is 5.13. The number of carbonyl (C=O) groups excluding carboxylic acids is 2. The van der Waals surface area contributed by atoms with Crippen LogP contribution in [0.15, 0.2) is 47.2 Å². The van der Waals surface area contributed by atoms with Crippen molar-refractivity contribution in [2.24, 2.45) is 0 Å². The number of methoxy groups -OCH3 is 1. The van der Waals surface area contributed by atoms with Crippen LogP contribution in [0, 0.1) is 13.8 Å². The second kappa shape index (κ2) is 9.82. The first-order valence-electron chi connectivity index (χ1n) is 10.4. The topological polar surface area (TPSA) is 71.5 Å². The van der Waals surface area contributed by atoms with Gasteiger partial charge < -0.3 is 10.1 Å². The molecule has 170 valence electrons. The fraction of sp³-hybridized carbons (Fsp3) is 0.240. The van der Waals surface area contributed by atoms with E-state index < -0.39 is 5.97 Å². The lowest BCUT2D eigenvalue weighted by Gasteiger charge is -2.15. The van der Waals surface area contributed by atoms with Gasteiger partial charge in [-0.15, -0.1) is 11.3 Å². The zero-order chi connectivity index (χ0) is 23.5. The summed E-state index contributed by atoms with van der Waals surface area (Å²) in [7, 11) is 3.38. The number of thiophene rings is 2. The molecule has 1 N–H and O–H groups in total. The first-order chi connectivity index (χ1) is 15.9. The average Bonchev–Trinajstić information content (AvgIpc) is 3.40. The summed E-state index contributed by atoms with van der Waals surface area (Å²) in [6, 6.07) is 11.6. The molecule has 3 heterocycles. The van der Waals surface area contributed by atoms with Crippen LogP contribution in [0.2, 0.25) is 0 Å². The molecule has 3 aromatic heterocycles. The molecule has 4 rings (SSSR count). The molecule has 0 atom stereocenters. The summed E-state index contributed by atoms with van der Waals surface area (Å²) in [6.07, 6.45) is 0. The van der Waals surface area contributed by atoms with Crippen molar-refractivity contribution in [2.75, 3.05) is 19.5 Å². The van der Waals surface area contributed by atoms with Gasteiger partial charge in [-0.3, -0.25) is 9.69 Å². The maximum atomic E-state index is 13.0. The van der Waals surface area contributed by atoms with E-state index in [0.29, 0.717) is 27.5 Å². The predicted octanol–water partition coefficient (Wildman–Crippen LogP) is 5.65. The normalized spacial score (nSPS) is 11.2. The van der Waals surface area contributed by atoms with Crippen molar-refractivity contribution in [1.82, 2.24) is 9.88 Å². The van der Waals surface area contributed by atoms with Gasteiger partial charge in [0.05, 0.1) is 18.5 Å². The largest absolute Gasteiger partial charge is 0.465 e. The highest BCUT2D eigenvalue weighted by Crippen LogP contribution is 2.36. The molecular formula is C25H25N3O3S2. The number of carbonyl (C=O) groups is 2. The van der Waals surface area contributed by atoms with E-state index in [1.807, 2.05) is 45.2 Å². The van der Waals surface area contributed by atoms with E-state index in [-0.39, 0.29) is 5.91 Å². The minimum absolute atomic E-state index is 0.267. The quantitative estimate of drug-likeness (QED) is 0.347. The Kier molecular flexibility index (Phi) is 6.88. The summed E-state index contributed by atoms with van der Waals surface area (Å²) in [5, 5.41) is 7.87. The Labute approximate surface area is 200 Å². The molecule has 0 aliphatic heterocycles. The highest BCUT2D eigenvalue weighted by molar-refractivity contribution is 7.21. The molecule has 0 aliphatic rings. The second-order valence-electron chi connectivity index (χ2n) is 8.03. The Morgan fingerprint density at radius 3 is 2.64 bits per heavy atom. The molecule has 0 fully saturated rings. The van der Waals surface area contributed by atoms with Crippen LogP contribution < -0.4 is 5.32 Å². The van der Waals surface area contributed by atoms with E-state index in [0.717, 1.165) is 28.8 Å². The van der Waals surface area contributed by atoms with Crippen LogP contribution in [-0.4, -0.2) is 35.9 Å². The minimum atomic E-state index is -0.495. The number of fused-ring (bicyclic) bond motifs is 1. The summed E-state index contributed by atoms with van der Waals surface area (Å²) in [4.78, 5) is 33.5. The number of benzene rings is 1. The first-order valence-corrected chi connectivity index (χ1v) is 12.2. The van der Waals surface area contributed by atoms with Crippen molar-refractivity contribution < 1.29 is 14.3 Å². The smallest absolute Gasteiger partial charge is 0.350 e. The van der Waals surface area contributed by atoms with Crippen LogP contribution in [0.5, 0.6) is 0 Å². The van der Waals surface area contributed by atoms with Crippen molar-refractivity contribution in [2.45, 2.75) is 26.9 Å². The SMILES string of the molecule is COC(=O)c1sc2nc(CN(C)Cc3ccsc3)ccc2c1NC(=O)c1ccc(C)cc1C. The highest BCUT2D eigenvalue weighted by Gasteiger charge is 2.23. The van der Waals surface area contributed by atoms with Crippen LogP contribution in [0.4, 0.5) is 5.69 Å². The molecule has 0 saturated carbocycles. The number of nitrogens with one attached hydrogen (secondary N) is 1. The second-order valence-corrected chi connectivity index (χ2v) is 9.81. The molecule has 6 nitrogen and oxygen atoms in total. The van der Waals surface area contributed by atoms with E-state index in [4.69, 9.17) is 9.72 Å². The van der Waals surface area contributed by atoms with E-state index in [1.54, 1.807) is 17.4 Å². The lowest BCUT2D eigenvalue weighted by Crippen LogP contribution is -2.17. The van der Waals surface area contributed by atoms with E-state index >= 15 is 0 Å². The Morgan fingerprint density at radius 2 is 1.94 bits per heavy atom. The van der Waals surface area contributed by atoms with Gasteiger partial charge in [0.15, 0.2) is 0 Å². The number of hydrogen-bond donors (Lipinski definition) is 1. The Hall–Kier alpha value is -3.07. The zero-order valence-corrected chi connectivity index (χ0v) is 20.6. The van der Waals surface area contributed by atoms with Gasteiger partial charge in [0.25, 0.3) is 5.91 Å². The number of aromatic nitrogens is 1. The molecule has 0 aliphatic carbocycles. The summed E-state index contributed by atoms with van der Waals surface area (Å²) >= 11 is 2.91. The van der Waals surface area contributed by atoms with Gasteiger partial charge in [-0.2, -0.15) is 11.3 Å². The predicted molar refractivity (Wildman–Crippen MR) is 134 cm³/mol. The number of aryl methyl sites for hydroxylation is 2. The third-order valence-corrected chi connectivity index (χ3v) is 7.12. The van der Waals surface area contributed by atoms with Crippen molar-refractivity contribution in [3.8, 4) is 0 Å². The summed E-state index contributed by atoms with van der Waals surface area (Å²) in [6.45, 7) is 5.38. The lowest BCUT2D eigenvalue weighted by molar-refractivity contribution is 0.0607. The van der Waals surface area contributed by atoms with Crippen LogP contribution in [0.3, 0.4) is 0 Å². The molecular weight excluding hydrogens is 454 g/mol. The Balaban J connectivity index is 1.63. The number of esters is 1. The number of pyridine rings is 1. The highest BCUT2D eigenvalue weighted by atomic mass is 32.1. The molecule has 1 amide bonds. The van der Waals surface area contributed by atoms with Gasteiger partial charge in [0, 0.05) is 24.0 Å². The molecule has 1 aromatic carbocycles. The maximum absolute atomic E-state index is 13.0. The van der Waals surface area contributed by atoms with Crippen molar-refractivity contribution in [3.05, 3.63) is 80.0 Å². The molecule has 0 unspecified atom stereocenters. The van der Waals surface area contributed by atoms with Gasteiger partial charge in [-0.25, -0.2) is 9.78 Å². The number of nitrogens with zero attached hydrogens (tertiary/aromatic N) is 2.